The molecular formula is C19H25F2N3O3. The van der Waals surface area contributed by atoms with Crippen molar-refractivity contribution >= 4 is 5.91 Å². The van der Waals surface area contributed by atoms with Crippen molar-refractivity contribution in [2.75, 3.05) is 0 Å². The highest BCUT2D eigenvalue weighted by Crippen LogP contribution is 2.28. The number of carbonyl (C=O) groups excluding carboxylic acids is 1. The summed E-state index contributed by atoms with van der Waals surface area (Å²) in [5.74, 6) is 0.808. The minimum absolute atomic E-state index is 0.0615. The zero-order valence-corrected chi connectivity index (χ0v) is 16.0. The lowest BCUT2D eigenvalue weighted by Gasteiger charge is -2.20. The van der Waals surface area contributed by atoms with E-state index in [1.165, 1.54) is 6.07 Å². The van der Waals surface area contributed by atoms with Crippen LogP contribution in [-0.2, 0) is 16.6 Å². The molecule has 8 heteroatoms. The number of para-hydroxylation sites is 1. The van der Waals surface area contributed by atoms with E-state index in [4.69, 9.17) is 4.52 Å². The Bertz CT molecular complexity index is 757. The van der Waals surface area contributed by atoms with Crippen LogP contribution in [0.4, 0.5) is 8.78 Å². The Kier molecular flexibility index (Phi) is 6.87. The standard InChI is InChI=1S/C19H25F2N3O3/c1-5-13(12-8-6-7-9-14(12)26-18(20)21)22-15(25)10-11-16-23-17(24-27-16)19(2,3)4/h6-9,13,18H,5,10-11H2,1-4H3,(H,22,25). The maximum absolute atomic E-state index is 12.6. The van der Waals surface area contributed by atoms with Crippen LogP contribution in [0.2, 0.25) is 0 Å². The monoisotopic (exact) mass is 381 g/mol. The number of rotatable bonds is 8. The van der Waals surface area contributed by atoms with Crippen molar-refractivity contribution in [2.45, 2.75) is 65.0 Å². The Morgan fingerprint density at radius 1 is 1.30 bits per heavy atom. The Morgan fingerprint density at radius 2 is 2.00 bits per heavy atom. The number of benzene rings is 1. The van der Waals surface area contributed by atoms with Gasteiger partial charge >= 0.3 is 6.61 Å². The molecule has 0 bridgehead atoms. The van der Waals surface area contributed by atoms with Crippen LogP contribution in [0.3, 0.4) is 0 Å². The van der Waals surface area contributed by atoms with Crippen molar-refractivity contribution in [3.8, 4) is 5.75 Å². The zero-order chi connectivity index (χ0) is 20.0. The van der Waals surface area contributed by atoms with Crippen LogP contribution in [0, 0.1) is 0 Å². The highest BCUT2D eigenvalue weighted by molar-refractivity contribution is 5.76. The summed E-state index contributed by atoms with van der Waals surface area (Å²) in [6, 6.07) is 6.02. The largest absolute Gasteiger partial charge is 0.434 e. The lowest BCUT2D eigenvalue weighted by Crippen LogP contribution is -2.28. The fourth-order valence-electron chi connectivity index (χ4n) is 2.52. The van der Waals surface area contributed by atoms with E-state index in [2.05, 4.69) is 20.2 Å². The molecule has 6 nitrogen and oxygen atoms in total. The Labute approximate surface area is 157 Å². The average molecular weight is 381 g/mol. The summed E-state index contributed by atoms with van der Waals surface area (Å²) in [7, 11) is 0. The van der Waals surface area contributed by atoms with E-state index in [0.717, 1.165) is 0 Å². The topological polar surface area (TPSA) is 77.3 Å². The summed E-state index contributed by atoms with van der Waals surface area (Å²) in [5.41, 5.74) is 0.285. The molecule has 1 N–H and O–H groups in total. The second-order valence-corrected chi connectivity index (χ2v) is 7.21. The van der Waals surface area contributed by atoms with Crippen molar-refractivity contribution in [3.63, 3.8) is 0 Å². The molecule has 0 aliphatic rings. The molecule has 1 aromatic carbocycles. The van der Waals surface area contributed by atoms with Gasteiger partial charge in [0.05, 0.1) is 6.04 Å². The Balaban J connectivity index is 1.98. The molecule has 0 aliphatic heterocycles. The summed E-state index contributed by atoms with van der Waals surface area (Å²) in [6.45, 7) is 4.85. The van der Waals surface area contributed by atoms with Gasteiger partial charge in [-0.05, 0) is 12.5 Å². The van der Waals surface area contributed by atoms with Gasteiger partial charge in [-0.15, -0.1) is 0 Å². The molecule has 148 valence electrons. The summed E-state index contributed by atoms with van der Waals surface area (Å²) in [5, 5.41) is 6.77. The van der Waals surface area contributed by atoms with Gasteiger partial charge < -0.3 is 14.6 Å². The molecule has 1 atom stereocenters. The molecule has 2 rings (SSSR count). The van der Waals surface area contributed by atoms with Gasteiger partial charge in [-0.3, -0.25) is 4.79 Å². The van der Waals surface area contributed by atoms with E-state index in [9.17, 15) is 13.6 Å². The van der Waals surface area contributed by atoms with Gasteiger partial charge in [0.15, 0.2) is 5.82 Å². The quantitative estimate of drug-likeness (QED) is 0.743. The van der Waals surface area contributed by atoms with Gasteiger partial charge in [-0.1, -0.05) is 51.1 Å². The van der Waals surface area contributed by atoms with Gasteiger partial charge in [-0.2, -0.15) is 13.8 Å². The normalized spacial score (nSPS) is 12.9. The summed E-state index contributed by atoms with van der Waals surface area (Å²) >= 11 is 0. The SMILES string of the molecule is CCC(NC(=O)CCc1nc(C(C)(C)C)no1)c1ccccc1OC(F)F. The lowest BCUT2D eigenvalue weighted by molar-refractivity contribution is -0.121. The predicted molar refractivity (Wildman–Crippen MR) is 95.6 cm³/mol. The van der Waals surface area contributed by atoms with Gasteiger partial charge in [0.1, 0.15) is 5.75 Å². The van der Waals surface area contributed by atoms with Gasteiger partial charge in [0.2, 0.25) is 11.8 Å². The molecule has 0 radical (unpaired) electrons. The van der Waals surface area contributed by atoms with Crippen LogP contribution in [0.5, 0.6) is 5.75 Å². The number of amides is 1. The van der Waals surface area contributed by atoms with E-state index in [1.54, 1.807) is 18.2 Å². The second-order valence-electron chi connectivity index (χ2n) is 7.21. The third-order valence-corrected chi connectivity index (χ3v) is 3.96. The molecule has 1 amide bonds. The molecule has 1 unspecified atom stereocenters. The van der Waals surface area contributed by atoms with Crippen LogP contribution < -0.4 is 10.1 Å². The van der Waals surface area contributed by atoms with Crippen LogP contribution >= 0.6 is 0 Å². The van der Waals surface area contributed by atoms with E-state index in [0.29, 0.717) is 30.1 Å². The highest BCUT2D eigenvalue weighted by atomic mass is 19.3. The molecule has 0 fully saturated rings. The number of hydrogen-bond donors (Lipinski definition) is 1. The van der Waals surface area contributed by atoms with Crippen molar-refractivity contribution in [1.29, 1.82) is 0 Å². The Hall–Kier alpha value is -2.51. The molecule has 27 heavy (non-hydrogen) atoms. The maximum atomic E-state index is 12.6. The van der Waals surface area contributed by atoms with E-state index < -0.39 is 12.7 Å². The number of carbonyl (C=O) groups is 1. The lowest BCUT2D eigenvalue weighted by atomic mass is 9.96. The molecule has 0 saturated heterocycles. The molecule has 1 heterocycles. The number of nitrogens with zero attached hydrogens (tertiary/aromatic N) is 2. The van der Waals surface area contributed by atoms with Gasteiger partial charge in [0, 0.05) is 23.8 Å². The van der Waals surface area contributed by atoms with Crippen LogP contribution in [-0.4, -0.2) is 22.7 Å². The number of aryl methyl sites for hydroxylation is 1. The van der Waals surface area contributed by atoms with E-state index >= 15 is 0 Å². The summed E-state index contributed by atoms with van der Waals surface area (Å²) < 4.78 is 34.9. The van der Waals surface area contributed by atoms with Crippen molar-refractivity contribution in [3.05, 3.63) is 41.5 Å². The molecule has 0 aliphatic carbocycles. The average Bonchev–Trinajstić information content (AvgIpc) is 3.07. The minimum atomic E-state index is -2.92. The number of aromatic nitrogens is 2. The number of nitrogens with one attached hydrogen (secondary N) is 1. The van der Waals surface area contributed by atoms with Crippen molar-refractivity contribution in [1.82, 2.24) is 15.5 Å². The molecule has 0 spiro atoms. The van der Waals surface area contributed by atoms with Crippen molar-refractivity contribution < 1.29 is 22.8 Å². The van der Waals surface area contributed by atoms with Crippen LogP contribution in [0.25, 0.3) is 0 Å². The van der Waals surface area contributed by atoms with Crippen LogP contribution in [0.15, 0.2) is 28.8 Å². The van der Waals surface area contributed by atoms with Crippen molar-refractivity contribution in [2.24, 2.45) is 0 Å². The first-order chi connectivity index (χ1) is 12.7. The number of ether oxygens (including phenoxy) is 1. The third kappa shape index (κ3) is 6.01. The molecule has 2 aromatic rings. The van der Waals surface area contributed by atoms with Gasteiger partial charge in [-0.25, -0.2) is 0 Å². The fraction of sp³-hybridized carbons (Fsp3) is 0.526. The summed E-state index contributed by atoms with van der Waals surface area (Å²) in [6.07, 6.45) is 0.991. The number of halogens is 2. The smallest absolute Gasteiger partial charge is 0.387 e. The number of hydrogen-bond acceptors (Lipinski definition) is 5. The van der Waals surface area contributed by atoms with E-state index in [-0.39, 0.29) is 23.5 Å². The predicted octanol–water partition coefficient (Wildman–Crippen LogP) is 4.17. The molecule has 0 saturated carbocycles. The van der Waals surface area contributed by atoms with E-state index in [1.807, 2.05) is 27.7 Å². The first kappa shape index (κ1) is 20.8. The first-order valence-corrected chi connectivity index (χ1v) is 8.87. The van der Waals surface area contributed by atoms with Crippen LogP contribution in [0.1, 0.15) is 63.9 Å². The second kappa shape index (κ2) is 8.92. The maximum Gasteiger partial charge on any atom is 0.387 e. The van der Waals surface area contributed by atoms with Gasteiger partial charge in [0.25, 0.3) is 0 Å². The third-order valence-electron chi connectivity index (χ3n) is 3.96. The zero-order valence-electron chi connectivity index (χ0n) is 16.0. The molecular weight excluding hydrogens is 356 g/mol. The first-order valence-electron chi connectivity index (χ1n) is 8.87. The Morgan fingerprint density at radius 3 is 2.59 bits per heavy atom. The highest BCUT2D eigenvalue weighted by Gasteiger charge is 2.22. The number of alkyl halides is 2. The summed E-state index contributed by atoms with van der Waals surface area (Å²) in [4.78, 5) is 16.6. The molecule has 1 aromatic heterocycles. The minimum Gasteiger partial charge on any atom is -0.434 e. The fourth-order valence-corrected chi connectivity index (χ4v) is 2.52.